The molecule has 140 valence electrons. The van der Waals surface area contributed by atoms with Gasteiger partial charge in [-0.05, 0) is 56.2 Å². The van der Waals surface area contributed by atoms with Crippen molar-refractivity contribution in [2.45, 2.75) is 26.8 Å². The number of anilines is 2. The summed E-state index contributed by atoms with van der Waals surface area (Å²) in [5.74, 6) is 0.173. The molecule has 0 saturated carbocycles. The lowest BCUT2D eigenvalue weighted by atomic mass is 10.1. The molecule has 2 rings (SSSR count). The van der Waals surface area contributed by atoms with Gasteiger partial charge in [-0.15, -0.1) is 0 Å². The highest BCUT2D eigenvalue weighted by atomic mass is 32.2. The van der Waals surface area contributed by atoms with E-state index < -0.39 is 22.0 Å². The molecule has 1 amide bonds. The van der Waals surface area contributed by atoms with Crippen molar-refractivity contribution in [1.29, 1.82) is 0 Å². The summed E-state index contributed by atoms with van der Waals surface area (Å²) in [6, 6.07) is 11.3. The van der Waals surface area contributed by atoms with Crippen LogP contribution in [0.1, 0.15) is 18.1 Å². The first-order valence-corrected chi connectivity index (χ1v) is 10.00. The Morgan fingerprint density at radius 3 is 2.38 bits per heavy atom. The van der Waals surface area contributed by atoms with E-state index in [1.807, 2.05) is 19.9 Å². The standard InChI is InChI=1S/C19H24N2O4S/c1-13-9-10-17(11-14(13)2)21(26(5,23)24)15(3)19(22)20-16-7-6-8-18(12-16)25-4/h6-12,15H,1-5H3,(H,20,22). The topological polar surface area (TPSA) is 75.7 Å². The largest absolute Gasteiger partial charge is 0.497 e. The van der Waals surface area contributed by atoms with Gasteiger partial charge in [-0.1, -0.05) is 12.1 Å². The Morgan fingerprint density at radius 2 is 1.81 bits per heavy atom. The molecule has 2 aromatic carbocycles. The average Bonchev–Trinajstić information content (AvgIpc) is 2.57. The highest BCUT2D eigenvalue weighted by molar-refractivity contribution is 7.92. The van der Waals surface area contributed by atoms with E-state index in [2.05, 4.69) is 5.32 Å². The summed E-state index contributed by atoms with van der Waals surface area (Å²) in [6.07, 6.45) is 1.09. The van der Waals surface area contributed by atoms with Crippen molar-refractivity contribution in [3.8, 4) is 5.75 Å². The Balaban J connectivity index is 2.32. The summed E-state index contributed by atoms with van der Waals surface area (Å²) in [4.78, 5) is 12.7. The van der Waals surface area contributed by atoms with E-state index in [1.54, 1.807) is 43.3 Å². The zero-order chi connectivity index (χ0) is 19.5. The van der Waals surface area contributed by atoms with Crippen LogP contribution in [-0.2, 0) is 14.8 Å². The molecule has 26 heavy (non-hydrogen) atoms. The van der Waals surface area contributed by atoms with E-state index >= 15 is 0 Å². The van der Waals surface area contributed by atoms with Gasteiger partial charge in [-0.3, -0.25) is 9.10 Å². The minimum Gasteiger partial charge on any atom is -0.497 e. The van der Waals surface area contributed by atoms with E-state index in [0.717, 1.165) is 21.7 Å². The molecule has 1 unspecified atom stereocenters. The third-order valence-electron chi connectivity index (χ3n) is 4.17. The molecule has 0 aromatic heterocycles. The zero-order valence-corrected chi connectivity index (χ0v) is 16.4. The monoisotopic (exact) mass is 376 g/mol. The Labute approximate surface area is 154 Å². The molecule has 7 heteroatoms. The van der Waals surface area contributed by atoms with Crippen LogP contribution in [0.3, 0.4) is 0 Å². The van der Waals surface area contributed by atoms with Crippen LogP contribution < -0.4 is 14.4 Å². The normalized spacial score (nSPS) is 12.3. The van der Waals surface area contributed by atoms with Crippen molar-refractivity contribution in [2.75, 3.05) is 23.0 Å². The van der Waals surface area contributed by atoms with Crippen LogP contribution in [-0.4, -0.2) is 33.7 Å². The summed E-state index contributed by atoms with van der Waals surface area (Å²) in [6.45, 7) is 5.41. The molecule has 1 N–H and O–H groups in total. The number of rotatable bonds is 6. The fourth-order valence-electron chi connectivity index (χ4n) is 2.62. The summed E-state index contributed by atoms with van der Waals surface area (Å²) in [5.41, 5.74) is 3.01. The Bertz CT molecular complexity index is 910. The number of carbonyl (C=O) groups is 1. The van der Waals surface area contributed by atoms with Gasteiger partial charge in [-0.25, -0.2) is 8.42 Å². The van der Waals surface area contributed by atoms with Gasteiger partial charge in [0, 0.05) is 11.8 Å². The predicted octanol–water partition coefficient (Wildman–Crippen LogP) is 3.11. The number of hydrogen-bond acceptors (Lipinski definition) is 4. The highest BCUT2D eigenvalue weighted by Gasteiger charge is 2.29. The Kier molecular flexibility index (Phi) is 5.92. The highest BCUT2D eigenvalue weighted by Crippen LogP contribution is 2.25. The Morgan fingerprint density at radius 1 is 1.12 bits per heavy atom. The number of methoxy groups -OCH3 is 1. The third-order valence-corrected chi connectivity index (χ3v) is 5.41. The van der Waals surface area contributed by atoms with Gasteiger partial charge in [0.1, 0.15) is 11.8 Å². The second-order valence-corrected chi connectivity index (χ2v) is 8.08. The van der Waals surface area contributed by atoms with Gasteiger partial charge in [0.25, 0.3) is 0 Å². The number of hydrogen-bond donors (Lipinski definition) is 1. The van der Waals surface area contributed by atoms with E-state index in [9.17, 15) is 13.2 Å². The number of ether oxygens (including phenoxy) is 1. The van der Waals surface area contributed by atoms with Crippen molar-refractivity contribution in [3.05, 3.63) is 53.6 Å². The number of nitrogens with zero attached hydrogens (tertiary/aromatic N) is 1. The number of carbonyl (C=O) groups excluding carboxylic acids is 1. The lowest BCUT2D eigenvalue weighted by Gasteiger charge is -2.28. The molecule has 0 bridgehead atoms. The molecular weight excluding hydrogens is 352 g/mol. The number of sulfonamides is 1. The van der Waals surface area contributed by atoms with Gasteiger partial charge >= 0.3 is 0 Å². The fourth-order valence-corrected chi connectivity index (χ4v) is 3.79. The molecular formula is C19H24N2O4S. The molecule has 6 nitrogen and oxygen atoms in total. The van der Waals surface area contributed by atoms with E-state index in [4.69, 9.17) is 4.74 Å². The maximum absolute atomic E-state index is 12.7. The number of benzene rings is 2. The molecule has 0 aliphatic rings. The van der Waals surface area contributed by atoms with Crippen LogP contribution in [0.5, 0.6) is 5.75 Å². The van der Waals surface area contributed by atoms with E-state index in [1.165, 1.54) is 7.11 Å². The van der Waals surface area contributed by atoms with Gasteiger partial charge in [-0.2, -0.15) is 0 Å². The van der Waals surface area contributed by atoms with E-state index in [-0.39, 0.29) is 0 Å². The quantitative estimate of drug-likeness (QED) is 0.840. The molecule has 0 fully saturated rings. The SMILES string of the molecule is COc1cccc(NC(=O)C(C)N(c2ccc(C)c(C)c2)S(C)(=O)=O)c1. The van der Waals surface area contributed by atoms with Gasteiger partial charge in [0.05, 0.1) is 19.1 Å². The van der Waals surface area contributed by atoms with Crippen LogP contribution in [0.25, 0.3) is 0 Å². The van der Waals surface area contributed by atoms with Crippen molar-refractivity contribution in [1.82, 2.24) is 0 Å². The smallest absolute Gasteiger partial charge is 0.247 e. The molecule has 0 radical (unpaired) electrons. The first-order valence-electron chi connectivity index (χ1n) is 8.15. The molecule has 0 heterocycles. The summed E-state index contributed by atoms with van der Waals surface area (Å²) in [7, 11) is -2.11. The van der Waals surface area contributed by atoms with Crippen LogP contribution in [0.4, 0.5) is 11.4 Å². The molecule has 0 spiro atoms. The van der Waals surface area contributed by atoms with Gasteiger partial charge < -0.3 is 10.1 Å². The van der Waals surface area contributed by atoms with Crippen LogP contribution in [0.15, 0.2) is 42.5 Å². The lowest BCUT2D eigenvalue weighted by Crippen LogP contribution is -2.45. The van der Waals surface area contributed by atoms with Crippen LogP contribution >= 0.6 is 0 Å². The fraction of sp³-hybridized carbons (Fsp3) is 0.316. The molecule has 0 aliphatic carbocycles. The Hall–Kier alpha value is -2.54. The predicted molar refractivity (Wildman–Crippen MR) is 104 cm³/mol. The van der Waals surface area contributed by atoms with Crippen molar-refractivity contribution in [2.24, 2.45) is 0 Å². The second-order valence-electron chi connectivity index (χ2n) is 6.22. The third kappa shape index (κ3) is 4.54. The summed E-state index contributed by atoms with van der Waals surface area (Å²) >= 11 is 0. The average molecular weight is 376 g/mol. The number of amides is 1. The van der Waals surface area contributed by atoms with E-state index in [0.29, 0.717) is 17.1 Å². The van der Waals surface area contributed by atoms with Crippen LogP contribution in [0.2, 0.25) is 0 Å². The van der Waals surface area contributed by atoms with Crippen molar-refractivity contribution >= 4 is 27.3 Å². The van der Waals surface area contributed by atoms with Crippen molar-refractivity contribution in [3.63, 3.8) is 0 Å². The van der Waals surface area contributed by atoms with Gasteiger partial charge in [0.15, 0.2) is 0 Å². The van der Waals surface area contributed by atoms with Crippen LogP contribution in [0, 0.1) is 13.8 Å². The molecule has 2 aromatic rings. The maximum Gasteiger partial charge on any atom is 0.247 e. The summed E-state index contributed by atoms with van der Waals surface area (Å²) < 4.78 is 31.0. The summed E-state index contributed by atoms with van der Waals surface area (Å²) in [5, 5.41) is 2.74. The number of nitrogens with one attached hydrogen (secondary N) is 1. The van der Waals surface area contributed by atoms with Gasteiger partial charge in [0.2, 0.25) is 15.9 Å². The molecule has 0 aliphatic heterocycles. The minimum absolute atomic E-state index is 0.429. The second kappa shape index (κ2) is 7.78. The molecule has 1 atom stereocenters. The minimum atomic E-state index is -3.65. The number of aryl methyl sites for hydroxylation is 2. The zero-order valence-electron chi connectivity index (χ0n) is 15.6. The van der Waals surface area contributed by atoms with Crippen molar-refractivity contribution < 1.29 is 17.9 Å². The molecule has 0 saturated heterocycles. The lowest BCUT2D eigenvalue weighted by molar-refractivity contribution is -0.116. The first kappa shape index (κ1) is 19.8. The first-order chi connectivity index (χ1) is 12.1. The maximum atomic E-state index is 12.7.